The minimum atomic E-state index is 0.897. The average molecular weight is 383 g/mol. The van der Waals surface area contributed by atoms with Crippen LogP contribution in [-0.2, 0) is 11.9 Å². The third-order valence-corrected chi connectivity index (χ3v) is 4.65. The molecule has 100 valence electrons. The van der Waals surface area contributed by atoms with Crippen LogP contribution in [0.3, 0.4) is 0 Å². The molecule has 0 spiro atoms. The van der Waals surface area contributed by atoms with Gasteiger partial charge in [-0.15, -0.1) is 0 Å². The predicted octanol–water partition coefficient (Wildman–Crippen LogP) is 5.29. The van der Waals surface area contributed by atoms with Crippen LogP contribution in [0.1, 0.15) is 16.7 Å². The summed E-state index contributed by atoms with van der Waals surface area (Å²) >= 11 is 7.12. The first-order valence-corrected chi connectivity index (χ1v) is 8.13. The van der Waals surface area contributed by atoms with Crippen LogP contribution in [0.2, 0.25) is 0 Å². The third kappa shape index (κ3) is 3.61. The molecule has 0 aromatic heterocycles. The van der Waals surface area contributed by atoms with Gasteiger partial charge in [-0.25, -0.2) is 0 Å². The zero-order valence-electron chi connectivity index (χ0n) is 11.2. The van der Waals surface area contributed by atoms with Crippen molar-refractivity contribution in [2.75, 3.05) is 11.9 Å². The van der Waals surface area contributed by atoms with Gasteiger partial charge in [0.25, 0.3) is 0 Å². The molecule has 0 saturated heterocycles. The lowest BCUT2D eigenvalue weighted by Gasteiger charge is -2.21. The molecular formula is C16H17Br2N. The standard InChI is InChI=1S/C16H17Br2N/c1-12-9-15(8-7-13(12)10-17)19(2)11-14-5-3-4-6-16(14)18/h3-9H,10-11H2,1-2H3. The molecule has 3 heteroatoms. The fraction of sp³-hybridized carbons (Fsp3) is 0.250. The molecule has 0 aliphatic rings. The number of halogens is 2. The molecule has 2 aromatic carbocycles. The molecule has 0 N–H and O–H groups in total. The molecule has 2 aromatic rings. The van der Waals surface area contributed by atoms with Gasteiger partial charge in [0, 0.05) is 29.1 Å². The number of benzene rings is 2. The Morgan fingerprint density at radius 2 is 1.79 bits per heavy atom. The maximum Gasteiger partial charge on any atom is 0.0437 e. The molecule has 1 nitrogen and oxygen atoms in total. The van der Waals surface area contributed by atoms with Gasteiger partial charge in [-0.2, -0.15) is 0 Å². The van der Waals surface area contributed by atoms with E-state index in [9.17, 15) is 0 Å². The molecule has 0 aliphatic heterocycles. The lowest BCUT2D eigenvalue weighted by atomic mass is 10.1. The quantitative estimate of drug-likeness (QED) is 0.649. The molecule has 0 fully saturated rings. The highest BCUT2D eigenvalue weighted by atomic mass is 79.9. The summed E-state index contributed by atoms with van der Waals surface area (Å²) in [5.41, 5.74) is 5.22. The summed E-state index contributed by atoms with van der Waals surface area (Å²) in [6.45, 7) is 3.06. The zero-order valence-corrected chi connectivity index (χ0v) is 14.3. The fourth-order valence-electron chi connectivity index (χ4n) is 2.04. The second-order valence-corrected chi connectivity index (χ2v) is 6.11. The highest BCUT2D eigenvalue weighted by molar-refractivity contribution is 9.10. The smallest absolute Gasteiger partial charge is 0.0437 e. The van der Waals surface area contributed by atoms with Crippen LogP contribution in [0.25, 0.3) is 0 Å². The van der Waals surface area contributed by atoms with Crippen molar-refractivity contribution >= 4 is 37.5 Å². The van der Waals surface area contributed by atoms with Gasteiger partial charge < -0.3 is 4.90 Å². The second kappa shape index (κ2) is 6.58. The minimum absolute atomic E-state index is 0.897. The molecule has 2 rings (SSSR count). The summed E-state index contributed by atoms with van der Waals surface area (Å²) in [6, 6.07) is 15.0. The lowest BCUT2D eigenvalue weighted by molar-refractivity contribution is 0.917. The van der Waals surface area contributed by atoms with Gasteiger partial charge in [0.2, 0.25) is 0 Å². The van der Waals surface area contributed by atoms with Gasteiger partial charge in [0.1, 0.15) is 0 Å². The molecule has 0 atom stereocenters. The van der Waals surface area contributed by atoms with E-state index in [1.54, 1.807) is 0 Å². The molecule has 0 bridgehead atoms. The summed E-state index contributed by atoms with van der Waals surface area (Å²) < 4.78 is 1.16. The van der Waals surface area contributed by atoms with Crippen molar-refractivity contribution in [2.45, 2.75) is 18.8 Å². The number of alkyl halides is 1. The zero-order chi connectivity index (χ0) is 13.8. The molecule has 0 heterocycles. The molecule has 0 radical (unpaired) electrons. The Kier molecular flexibility index (Phi) is 5.06. The van der Waals surface area contributed by atoms with E-state index in [-0.39, 0.29) is 0 Å². The monoisotopic (exact) mass is 381 g/mol. The normalized spacial score (nSPS) is 10.5. The largest absolute Gasteiger partial charge is 0.370 e. The topological polar surface area (TPSA) is 3.24 Å². The maximum absolute atomic E-state index is 3.60. The van der Waals surface area contributed by atoms with E-state index in [0.717, 1.165) is 16.3 Å². The van der Waals surface area contributed by atoms with Crippen LogP contribution in [0.4, 0.5) is 5.69 Å². The number of rotatable bonds is 4. The van der Waals surface area contributed by atoms with E-state index in [1.807, 2.05) is 6.07 Å². The minimum Gasteiger partial charge on any atom is -0.370 e. The summed E-state index contributed by atoms with van der Waals surface area (Å²) in [6.07, 6.45) is 0. The summed E-state index contributed by atoms with van der Waals surface area (Å²) in [5, 5.41) is 0.910. The van der Waals surface area contributed by atoms with Crippen molar-refractivity contribution in [3.63, 3.8) is 0 Å². The van der Waals surface area contributed by atoms with Gasteiger partial charge in [0.15, 0.2) is 0 Å². The Morgan fingerprint density at radius 3 is 2.42 bits per heavy atom. The predicted molar refractivity (Wildman–Crippen MR) is 90.1 cm³/mol. The van der Waals surface area contributed by atoms with Gasteiger partial charge in [0.05, 0.1) is 0 Å². The van der Waals surface area contributed by atoms with Crippen molar-refractivity contribution < 1.29 is 0 Å². The van der Waals surface area contributed by atoms with E-state index in [4.69, 9.17) is 0 Å². The Hall–Kier alpha value is -0.800. The molecule has 0 unspecified atom stereocenters. The number of hydrogen-bond acceptors (Lipinski definition) is 1. The van der Waals surface area contributed by atoms with Crippen molar-refractivity contribution in [3.8, 4) is 0 Å². The number of anilines is 1. The van der Waals surface area contributed by atoms with Crippen LogP contribution < -0.4 is 4.90 Å². The molecule has 0 amide bonds. The van der Waals surface area contributed by atoms with Gasteiger partial charge in [-0.05, 0) is 41.8 Å². The SMILES string of the molecule is Cc1cc(N(C)Cc2ccccc2Br)ccc1CBr. The van der Waals surface area contributed by atoms with Crippen molar-refractivity contribution in [1.29, 1.82) is 0 Å². The number of hydrogen-bond donors (Lipinski definition) is 0. The van der Waals surface area contributed by atoms with E-state index in [2.05, 4.69) is 87.1 Å². The third-order valence-electron chi connectivity index (χ3n) is 3.28. The van der Waals surface area contributed by atoms with Crippen LogP contribution in [0, 0.1) is 6.92 Å². The van der Waals surface area contributed by atoms with Crippen molar-refractivity contribution in [1.82, 2.24) is 0 Å². The average Bonchev–Trinajstić information content (AvgIpc) is 2.41. The molecule has 19 heavy (non-hydrogen) atoms. The maximum atomic E-state index is 3.60. The molecule has 0 aliphatic carbocycles. The van der Waals surface area contributed by atoms with E-state index in [0.29, 0.717) is 0 Å². The molecule has 0 saturated carbocycles. The van der Waals surface area contributed by atoms with Crippen molar-refractivity contribution in [3.05, 3.63) is 63.6 Å². The summed E-state index contributed by atoms with van der Waals surface area (Å²) in [4.78, 5) is 2.27. The van der Waals surface area contributed by atoms with Crippen LogP contribution >= 0.6 is 31.9 Å². The van der Waals surface area contributed by atoms with Gasteiger partial charge >= 0.3 is 0 Å². The first-order valence-electron chi connectivity index (χ1n) is 6.22. The lowest BCUT2D eigenvalue weighted by Crippen LogP contribution is -2.16. The van der Waals surface area contributed by atoms with E-state index >= 15 is 0 Å². The van der Waals surface area contributed by atoms with Crippen LogP contribution in [0.15, 0.2) is 46.9 Å². The first kappa shape index (κ1) is 14.6. The Morgan fingerprint density at radius 1 is 1.05 bits per heavy atom. The first-order chi connectivity index (χ1) is 9.11. The van der Waals surface area contributed by atoms with Gasteiger partial charge in [-0.1, -0.05) is 56.1 Å². The highest BCUT2D eigenvalue weighted by Crippen LogP contribution is 2.23. The Bertz CT molecular complexity index is 566. The highest BCUT2D eigenvalue weighted by Gasteiger charge is 2.06. The van der Waals surface area contributed by atoms with E-state index in [1.165, 1.54) is 22.4 Å². The van der Waals surface area contributed by atoms with Crippen LogP contribution in [0.5, 0.6) is 0 Å². The number of nitrogens with zero attached hydrogens (tertiary/aromatic N) is 1. The van der Waals surface area contributed by atoms with Crippen LogP contribution in [-0.4, -0.2) is 7.05 Å². The second-order valence-electron chi connectivity index (χ2n) is 4.69. The summed E-state index contributed by atoms with van der Waals surface area (Å²) in [7, 11) is 2.13. The fourth-order valence-corrected chi connectivity index (χ4v) is 3.08. The summed E-state index contributed by atoms with van der Waals surface area (Å²) in [5.74, 6) is 0. The van der Waals surface area contributed by atoms with E-state index < -0.39 is 0 Å². The van der Waals surface area contributed by atoms with Gasteiger partial charge in [-0.3, -0.25) is 0 Å². The number of aryl methyl sites for hydroxylation is 1. The molecular weight excluding hydrogens is 366 g/mol. The Labute approximate surface area is 131 Å². The Balaban J connectivity index is 2.18. The van der Waals surface area contributed by atoms with Crippen molar-refractivity contribution in [2.24, 2.45) is 0 Å².